The van der Waals surface area contributed by atoms with E-state index in [1.165, 1.54) is 18.2 Å². The highest BCUT2D eigenvalue weighted by Crippen LogP contribution is 2.41. The summed E-state index contributed by atoms with van der Waals surface area (Å²) in [7, 11) is 0. The Kier molecular flexibility index (Phi) is 4.60. The largest absolute Gasteiger partial charge is 0.416 e. The molecule has 0 aliphatic carbocycles. The Morgan fingerprint density at radius 3 is 2.42 bits per heavy atom. The summed E-state index contributed by atoms with van der Waals surface area (Å²) >= 11 is 0. The first-order valence-electron chi connectivity index (χ1n) is 7.77. The second-order valence-electron chi connectivity index (χ2n) is 5.97. The maximum atomic E-state index is 13.2. The molecule has 0 aromatic heterocycles. The van der Waals surface area contributed by atoms with Gasteiger partial charge in [-0.15, -0.1) is 0 Å². The third kappa shape index (κ3) is 3.30. The van der Waals surface area contributed by atoms with Crippen molar-refractivity contribution in [3.63, 3.8) is 0 Å². The molecule has 0 spiro atoms. The molecule has 1 aliphatic heterocycles. The van der Waals surface area contributed by atoms with Crippen LogP contribution in [-0.2, 0) is 19.1 Å². The van der Waals surface area contributed by atoms with E-state index in [-0.39, 0.29) is 24.9 Å². The van der Waals surface area contributed by atoms with E-state index in [2.05, 4.69) is 0 Å². The second kappa shape index (κ2) is 6.53. The number of nitrogens with zero attached hydrogens (tertiary/aromatic N) is 1. The van der Waals surface area contributed by atoms with Crippen LogP contribution < -0.4 is 5.73 Å². The SMILES string of the molecule is NCC1c2cccc(C(F)(F)F)c2CN1CCc1ccc(F)cc1. The van der Waals surface area contributed by atoms with Gasteiger partial charge in [-0.3, -0.25) is 4.90 Å². The molecule has 1 unspecified atom stereocenters. The van der Waals surface area contributed by atoms with Gasteiger partial charge in [-0.25, -0.2) is 4.39 Å². The topological polar surface area (TPSA) is 29.3 Å². The molecule has 1 atom stereocenters. The van der Waals surface area contributed by atoms with Gasteiger partial charge in [0.25, 0.3) is 0 Å². The summed E-state index contributed by atoms with van der Waals surface area (Å²) in [4.78, 5) is 1.96. The van der Waals surface area contributed by atoms with Crippen LogP contribution in [0.2, 0.25) is 0 Å². The molecule has 0 fully saturated rings. The van der Waals surface area contributed by atoms with Crippen LogP contribution in [0.5, 0.6) is 0 Å². The maximum Gasteiger partial charge on any atom is 0.416 e. The number of fused-ring (bicyclic) bond motifs is 1. The van der Waals surface area contributed by atoms with E-state index in [0.717, 1.165) is 11.6 Å². The first-order chi connectivity index (χ1) is 11.4. The highest BCUT2D eigenvalue weighted by molar-refractivity contribution is 5.42. The number of benzene rings is 2. The van der Waals surface area contributed by atoms with E-state index in [4.69, 9.17) is 5.73 Å². The molecule has 128 valence electrons. The normalized spacial score (nSPS) is 18.0. The Morgan fingerprint density at radius 1 is 1.08 bits per heavy atom. The first kappa shape index (κ1) is 16.9. The van der Waals surface area contributed by atoms with Gasteiger partial charge < -0.3 is 5.73 Å². The van der Waals surface area contributed by atoms with Crippen molar-refractivity contribution in [1.82, 2.24) is 4.90 Å². The Hall–Kier alpha value is -1.92. The van der Waals surface area contributed by atoms with E-state index in [1.807, 2.05) is 4.90 Å². The Bertz CT molecular complexity index is 710. The van der Waals surface area contributed by atoms with Gasteiger partial charge in [-0.1, -0.05) is 24.3 Å². The number of rotatable bonds is 4. The molecule has 2 N–H and O–H groups in total. The highest BCUT2D eigenvalue weighted by Gasteiger charge is 2.39. The predicted molar refractivity (Wildman–Crippen MR) is 83.8 cm³/mol. The van der Waals surface area contributed by atoms with Gasteiger partial charge in [0.1, 0.15) is 5.82 Å². The molecule has 0 radical (unpaired) electrons. The molecule has 0 amide bonds. The molecular formula is C18H18F4N2. The molecule has 2 aromatic carbocycles. The van der Waals surface area contributed by atoms with Crippen molar-refractivity contribution in [1.29, 1.82) is 0 Å². The zero-order valence-electron chi connectivity index (χ0n) is 13.0. The van der Waals surface area contributed by atoms with Crippen molar-refractivity contribution in [3.05, 3.63) is 70.5 Å². The summed E-state index contributed by atoms with van der Waals surface area (Å²) in [6.45, 7) is 1.06. The van der Waals surface area contributed by atoms with E-state index >= 15 is 0 Å². The fourth-order valence-electron chi connectivity index (χ4n) is 3.30. The number of alkyl halides is 3. The van der Waals surface area contributed by atoms with E-state index < -0.39 is 11.7 Å². The van der Waals surface area contributed by atoms with Crippen molar-refractivity contribution in [2.45, 2.75) is 25.2 Å². The molecule has 0 saturated carbocycles. The van der Waals surface area contributed by atoms with Gasteiger partial charge >= 0.3 is 6.18 Å². The minimum Gasteiger partial charge on any atom is -0.329 e. The standard InChI is InChI=1S/C18H18F4N2/c19-13-6-4-12(5-7-13)8-9-24-11-15-14(17(24)10-23)2-1-3-16(15)18(20,21)22/h1-7,17H,8-11,23H2. The van der Waals surface area contributed by atoms with Crippen LogP contribution >= 0.6 is 0 Å². The first-order valence-corrected chi connectivity index (χ1v) is 7.77. The fourth-order valence-corrected chi connectivity index (χ4v) is 3.30. The van der Waals surface area contributed by atoms with Gasteiger partial charge in [0.2, 0.25) is 0 Å². The summed E-state index contributed by atoms with van der Waals surface area (Å²) in [6, 6.07) is 10.2. The van der Waals surface area contributed by atoms with E-state index in [1.54, 1.807) is 18.2 Å². The van der Waals surface area contributed by atoms with Crippen molar-refractivity contribution < 1.29 is 17.6 Å². The molecule has 2 nitrogen and oxygen atoms in total. The van der Waals surface area contributed by atoms with Crippen molar-refractivity contribution >= 4 is 0 Å². The second-order valence-corrected chi connectivity index (χ2v) is 5.97. The Morgan fingerprint density at radius 2 is 1.79 bits per heavy atom. The third-order valence-electron chi connectivity index (χ3n) is 4.50. The quantitative estimate of drug-likeness (QED) is 0.857. The zero-order chi connectivity index (χ0) is 17.3. The smallest absolute Gasteiger partial charge is 0.329 e. The molecule has 0 bridgehead atoms. The van der Waals surface area contributed by atoms with Crippen LogP contribution in [0, 0.1) is 5.82 Å². The number of nitrogens with two attached hydrogens (primary N) is 1. The molecule has 24 heavy (non-hydrogen) atoms. The number of hydrogen-bond donors (Lipinski definition) is 1. The summed E-state index contributed by atoms with van der Waals surface area (Å²) in [6.07, 6.45) is -3.73. The van der Waals surface area contributed by atoms with Crippen LogP contribution in [-0.4, -0.2) is 18.0 Å². The lowest BCUT2D eigenvalue weighted by atomic mass is 9.99. The lowest BCUT2D eigenvalue weighted by Gasteiger charge is -2.23. The monoisotopic (exact) mass is 338 g/mol. The van der Waals surface area contributed by atoms with Crippen LogP contribution in [0.1, 0.15) is 28.3 Å². The average molecular weight is 338 g/mol. The molecule has 1 heterocycles. The van der Waals surface area contributed by atoms with Gasteiger partial charge in [0.05, 0.1) is 5.56 Å². The Balaban J connectivity index is 1.80. The van der Waals surface area contributed by atoms with Crippen molar-refractivity contribution in [2.75, 3.05) is 13.1 Å². The van der Waals surface area contributed by atoms with E-state index in [0.29, 0.717) is 24.1 Å². The van der Waals surface area contributed by atoms with Crippen LogP contribution in [0.4, 0.5) is 17.6 Å². The number of halogens is 4. The van der Waals surface area contributed by atoms with E-state index in [9.17, 15) is 17.6 Å². The van der Waals surface area contributed by atoms with Crippen molar-refractivity contribution in [2.24, 2.45) is 5.73 Å². The molecule has 6 heteroatoms. The lowest BCUT2D eigenvalue weighted by Crippen LogP contribution is -2.29. The molecule has 0 saturated heterocycles. The highest BCUT2D eigenvalue weighted by atomic mass is 19.4. The predicted octanol–water partition coefficient (Wildman–Crippen LogP) is 3.90. The van der Waals surface area contributed by atoms with Gasteiger partial charge in [0.15, 0.2) is 0 Å². The van der Waals surface area contributed by atoms with Crippen molar-refractivity contribution in [3.8, 4) is 0 Å². The number of hydrogen-bond acceptors (Lipinski definition) is 2. The van der Waals surface area contributed by atoms with Gasteiger partial charge in [-0.2, -0.15) is 13.2 Å². The zero-order valence-corrected chi connectivity index (χ0v) is 13.0. The fraction of sp³-hybridized carbons (Fsp3) is 0.333. The maximum absolute atomic E-state index is 13.2. The molecular weight excluding hydrogens is 320 g/mol. The van der Waals surface area contributed by atoms with Gasteiger partial charge in [0, 0.05) is 25.7 Å². The summed E-state index contributed by atoms with van der Waals surface area (Å²) < 4.78 is 52.6. The van der Waals surface area contributed by atoms with Crippen LogP contribution in [0.15, 0.2) is 42.5 Å². The lowest BCUT2D eigenvalue weighted by molar-refractivity contribution is -0.138. The summed E-state index contributed by atoms with van der Waals surface area (Å²) in [5, 5.41) is 0. The van der Waals surface area contributed by atoms with Crippen LogP contribution in [0.3, 0.4) is 0 Å². The molecule has 3 rings (SSSR count). The minimum atomic E-state index is -4.36. The van der Waals surface area contributed by atoms with Gasteiger partial charge in [-0.05, 0) is 41.3 Å². The summed E-state index contributed by atoms with van der Waals surface area (Å²) in [5.74, 6) is -0.304. The molecule has 2 aromatic rings. The van der Waals surface area contributed by atoms with Crippen LogP contribution in [0.25, 0.3) is 0 Å². The Labute approximate surface area is 137 Å². The third-order valence-corrected chi connectivity index (χ3v) is 4.50. The minimum absolute atomic E-state index is 0.220. The molecule has 1 aliphatic rings. The average Bonchev–Trinajstić information content (AvgIpc) is 2.90. The summed E-state index contributed by atoms with van der Waals surface area (Å²) in [5.41, 5.74) is 7.16.